The van der Waals surface area contributed by atoms with Crippen molar-refractivity contribution in [3.63, 3.8) is 0 Å². The van der Waals surface area contributed by atoms with Crippen LogP contribution in [0.1, 0.15) is 47.1 Å². The van der Waals surface area contributed by atoms with E-state index in [1.54, 1.807) is 6.07 Å². The van der Waals surface area contributed by atoms with Crippen LogP contribution in [0.5, 0.6) is 11.5 Å². The van der Waals surface area contributed by atoms with Gasteiger partial charge in [-0.2, -0.15) is 5.10 Å². The first-order chi connectivity index (χ1) is 11.7. The lowest BCUT2D eigenvalue weighted by atomic mass is 10.0. The number of aryl methyl sites for hydroxylation is 1. The molecule has 1 aromatic heterocycles. The zero-order valence-electron chi connectivity index (χ0n) is 13.7. The van der Waals surface area contributed by atoms with Crippen molar-refractivity contribution in [3.8, 4) is 11.5 Å². The van der Waals surface area contributed by atoms with E-state index in [1.165, 1.54) is 0 Å². The molecule has 2 aliphatic heterocycles. The van der Waals surface area contributed by atoms with Gasteiger partial charge in [0.25, 0.3) is 5.91 Å². The highest BCUT2D eigenvalue weighted by Gasteiger charge is 2.32. The van der Waals surface area contributed by atoms with Gasteiger partial charge in [0.05, 0.1) is 19.3 Å². The molecular weight excluding hydrogens is 306 g/mol. The number of hydrogen-bond donors (Lipinski definition) is 1. The Bertz CT molecular complexity index is 756. The lowest BCUT2D eigenvalue weighted by Crippen LogP contribution is -2.30. The molecule has 0 spiro atoms. The summed E-state index contributed by atoms with van der Waals surface area (Å²) in [5.74, 6) is 1.55. The second-order valence-electron chi connectivity index (χ2n) is 6.35. The smallest absolute Gasteiger partial charge is 0.274 e. The maximum atomic E-state index is 12.8. The quantitative estimate of drug-likeness (QED) is 0.921. The molecule has 1 aromatic carbocycles. The minimum atomic E-state index is -0.0195. The maximum absolute atomic E-state index is 12.8. The first-order valence-corrected chi connectivity index (χ1v) is 8.45. The normalized spacial score (nSPS) is 20.0. The molecule has 0 aliphatic carbocycles. The Labute approximate surface area is 140 Å². The third kappa shape index (κ3) is 2.72. The van der Waals surface area contributed by atoms with E-state index in [9.17, 15) is 4.79 Å². The number of aromatic nitrogens is 2. The van der Waals surface area contributed by atoms with Crippen molar-refractivity contribution in [2.24, 2.45) is 0 Å². The zero-order valence-corrected chi connectivity index (χ0v) is 13.7. The molecule has 24 heavy (non-hydrogen) atoms. The van der Waals surface area contributed by atoms with Crippen LogP contribution in [0.3, 0.4) is 0 Å². The highest BCUT2D eigenvalue weighted by atomic mass is 16.5. The summed E-state index contributed by atoms with van der Waals surface area (Å²) in [6, 6.07) is 7.87. The van der Waals surface area contributed by atoms with Gasteiger partial charge in [-0.05, 0) is 43.5 Å². The number of nitrogens with zero attached hydrogens (tertiary/aromatic N) is 2. The molecule has 4 rings (SSSR count). The van der Waals surface area contributed by atoms with Crippen molar-refractivity contribution in [2.75, 3.05) is 19.8 Å². The number of ether oxygens (including phenoxy) is 2. The van der Waals surface area contributed by atoms with Crippen molar-refractivity contribution in [1.82, 2.24) is 15.1 Å². The summed E-state index contributed by atoms with van der Waals surface area (Å²) < 4.78 is 11.5. The number of H-pyrrole nitrogens is 1. The Morgan fingerprint density at radius 3 is 2.83 bits per heavy atom. The Kier molecular flexibility index (Phi) is 3.88. The number of carbonyl (C=O) groups excluding carboxylic acids is 1. The summed E-state index contributed by atoms with van der Waals surface area (Å²) >= 11 is 0. The van der Waals surface area contributed by atoms with Gasteiger partial charge >= 0.3 is 0 Å². The SMILES string of the molecule is Cc1cc(C(=O)N2CCC[C@@H]2c2ccc3c(c2)OCCCO3)n[nH]1. The van der Waals surface area contributed by atoms with Gasteiger partial charge in [-0.25, -0.2) is 0 Å². The van der Waals surface area contributed by atoms with E-state index in [0.29, 0.717) is 18.9 Å². The molecule has 1 saturated heterocycles. The Balaban J connectivity index is 1.61. The Hall–Kier alpha value is -2.50. The van der Waals surface area contributed by atoms with Gasteiger partial charge in [-0.1, -0.05) is 6.07 Å². The van der Waals surface area contributed by atoms with Gasteiger partial charge in [-0.3, -0.25) is 9.89 Å². The van der Waals surface area contributed by atoms with Crippen LogP contribution in [0.15, 0.2) is 24.3 Å². The van der Waals surface area contributed by atoms with E-state index in [-0.39, 0.29) is 11.9 Å². The van der Waals surface area contributed by atoms with E-state index in [1.807, 2.05) is 30.0 Å². The standard InChI is InChI=1S/C18H21N3O3/c1-12-10-14(20-19-12)18(22)21-7-2-4-15(21)13-5-6-16-17(11-13)24-9-3-8-23-16/h5-6,10-11,15H,2-4,7-9H2,1H3,(H,19,20)/t15-/m1/s1. The summed E-state index contributed by atoms with van der Waals surface area (Å²) in [6.45, 7) is 3.99. The first kappa shape index (κ1) is 15.1. The number of rotatable bonds is 2. The minimum absolute atomic E-state index is 0.0195. The molecule has 0 radical (unpaired) electrons. The number of amides is 1. The number of carbonyl (C=O) groups is 1. The largest absolute Gasteiger partial charge is 0.490 e. The number of nitrogens with one attached hydrogen (secondary N) is 1. The van der Waals surface area contributed by atoms with Crippen LogP contribution >= 0.6 is 0 Å². The van der Waals surface area contributed by atoms with Crippen LogP contribution in [-0.2, 0) is 0 Å². The molecule has 3 heterocycles. The van der Waals surface area contributed by atoms with Crippen LogP contribution in [0, 0.1) is 6.92 Å². The summed E-state index contributed by atoms with van der Waals surface area (Å²) in [5, 5.41) is 6.95. The highest BCUT2D eigenvalue weighted by molar-refractivity contribution is 5.92. The van der Waals surface area contributed by atoms with Crippen molar-refractivity contribution in [2.45, 2.75) is 32.2 Å². The molecule has 6 nitrogen and oxygen atoms in total. The van der Waals surface area contributed by atoms with E-state index < -0.39 is 0 Å². The van der Waals surface area contributed by atoms with E-state index in [4.69, 9.17) is 9.47 Å². The third-order valence-electron chi connectivity index (χ3n) is 4.60. The third-order valence-corrected chi connectivity index (χ3v) is 4.60. The van der Waals surface area contributed by atoms with E-state index in [0.717, 1.165) is 48.6 Å². The average Bonchev–Trinajstić information content (AvgIpc) is 3.18. The molecule has 2 aliphatic rings. The van der Waals surface area contributed by atoms with Crippen LogP contribution in [0.4, 0.5) is 0 Å². The fraction of sp³-hybridized carbons (Fsp3) is 0.444. The molecule has 1 amide bonds. The monoisotopic (exact) mass is 327 g/mol. The highest BCUT2D eigenvalue weighted by Crippen LogP contribution is 2.38. The number of fused-ring (bicyclic) bond motifs is 1. The van der Waals surface area contributed by atoms with Crippen LogP contribution < -0.4 is 9.47 Å². The average molecular weight is 327 g/mol. The Morgan fingerprint density at radius 2 is 2.04 bits per heavy atom. The molecule has 2 aromatic rings. The topological polar surface area (TPSA) is 67.5 Å². The molecule has 0 saturated carbocycles. The molecule has 0 bridgehead atoms. The van der Waals surface area contributed by atoms with Gasteiger partial charge < -0.3 is 14.4 Å². The van der Waals surface area contributed by atoms with Crippen molar-refractivity contribution < 1.29 is 14.3 Å². The summed E-state index contributed by atoms with van der Waals surface area (Å²) in [5.41, 5.74) is 2.47. The van der Waals surface area contributed by atoms with Crippen LogP contribution in [0.25, 0.3) is 0 Å². The van der Waals surface area contributed by atoms with E-state index >= 15 is 0 Å². The van der Waals surface area contributed by atoms with Crippen LogP contribution in [0.2, 0.25) is 0 Å². The van der Waals surface area contributed by atoms with Gasteiger partial charge in [-0.15, -0.1) is 0 Å². The fourth-order valence-corrected chi connectivity index (χ4v) is 3.42. The molecule has 0 unspecified atom stereocenters. The molecule has 1 fully saturated rings. The molecule has 6 heteroatoms. The summed E-state index contributed by atoms with van der Waals surface area (Å²) in [7, 11) is 0. The van der Waals surface area contributed by atoms with Gasteiger partial charge in [0.1, 0.15) is 5.69 Å². The number of hydrogen-bond acceptors (Lipinski definition) is 4. The second-order valence-corrected chi connectivity index (χ2v) is 6.35. The van der Waals surface area contributed by atoms with Gasteiger partial charge in [0, 0.05) is 18.7 Å². The van der Waals surface area contributed by atoms with Crippen molar-refractivity contribution in [3.05, 3.63) is 41.2 Å². The lowest BCUT2D eigenvalue weighted by molar-refractivity contribution is 0.0729. The zero-order chi connectivity index (χ0) is 16.5. The molecular formula is C18H21N3O3. The summed E-state index contributed by atoms with van der Waals surface area (Å²) in [4.78, 5) is 14.7. The van der Waals surface area contributed by atoms with Crippen LogP contribution in [-0.4, -0.2) is 40.8 Å². The lowest BCUT2D eigenvalue weighted by Gasteiger charge is -2.25. The predicted octanol–water partition coefficient (Wildman–Crippen LogP) is 2.86. The van der Waals surface area contributed by atoms with Crippen molar-refractivity contribution >= 4 is 5.91 Å². The summed E-state index contributed by atoms with van der Waals surface area (Å²) in [6.07, 6.45) is 2.83. The minimum Gasteiger partial charge on any atom is -0.490 e. The number of aromatic amines is 1. The second kappa shape index (κ2) is 6.19. The number of benzene rings is 1. The first-order valence-electron chi connectivity index (χ1n) is 8.45. The van der Waals surface area contributed by atoms with Crippen molar-refractivity contribution in [1.29, 1.82) is 0 Å². The fourth-order valence-electron chi connectivity index (χ4n) is 3.42. The molecule has 1 N–H and O–H groups in total. The number of likely N-dealkylation sites (tertiary alicyclic amines) is 1. The molecule has 126 valence electrons. The van der Waals surface area contributed by atoms with Gasteiger partial charge in [0.15, 0.2) is 11.5 Å². The van der Waals surface area contributed by atoms with E-state index in [2.05, 4.69) is 10.2 Å². The predicted molar refractivity (Wildman–Crippen MR) is 88.4 cm³/mol. The maximum Gasteiger partial charge on any atom is 0.274 e. The molecule has 1 atom stereocenters. The van der Waals surface area contributed by atoms with Gasteiger partial charge in [0.2, 0.25) is 0 Å². The Morgan fingerprint density at radius 1 is 1.21 bits per heavy atom.